The first-order valence-corrected chi connectivity index (χ1v) is 11.0. The van der Waals surface area contributed by atoms with Crippen LogP contribution in [-0.4, -0.2) is 40.6 Å². The van der Waals surface area contributed by atoms with Crippen molar-refractivity contribution in [3.05, 3.63) is 35.7 Å². The van der Waals surface area contributed by atoms with Crippen LogP contribution in [0.25, 0.3) is 11.0 Å². The van der Waals surface area contributed by atoms with E-state index in [0.29, 0.717) is 24.3 Å². The minimum absolute atomic E-state index is 0.0244. The summed E-state index contributed by atoms with van der Waals surface area (Å²) < 4.78 is 5.30. The SMILES string of the molecule is COc1ccc2nc(C[C@@H]3C[C@@H](C(C)C)[C@H](CNC(=O)CCC(=O)O)C=C3C)[nH]c2c1. The van der Waals surface area contributed by atoms with E-state index in [4.69, 9.17) is 14.8 Å². The number of nitrogens with one attached hydrogen (secondary N) is 2. The number of aliphatic carboxylic acids is 1. The minimum Gasteiger partial charge on any atom is -0.497 e. The van der Waals surface area contributed by atoms with Gasteiger partial charge in [0.1, 0.15) is 11.6 Å². The number of aromatic amines is 1. The predicted molar refractivity (Wildman–Crippen MR) is 120 cm³/mol. The van der Waals surface area contributed by atoms with E-state index in [1.54, 1.807) is 7.11 Å². The van der Waals surface area contributed by atoms with Gasteiger partial charge in [0.15, 0.2) is 0 Å². The minimum atomic E-state index is -0.949. The van der Waals surface area contributed by atoms with Gasteiger partial charge in [-0.05, 0) is 49.1 Å². The number of fused-ring (bicyclic) bond motifs is 1. The van der Waals surface area contributed by atoms with Gasteiger partial charge in [0.25, 0.3) is 0 Å². The monoisotopic (exact) mass is 427 g/mol. The van der Waals surface area contributed by atoms with Gasteiger partial charge in [-0.2, -0.15) is 0 Å². The van der Waals surface area contributed by atoms with Crippen molar-refractivity contribution in [2.45, 2.75) is 46.5 Å². The maximum Gasteiger partial charge on any atom is 0.303 e. The first kappa shape index (κ1) is 22.8. The summed E-state index contributed by atoms with van der Waals surface area (Å²) in [5.41, 5.74) is 3.24. The lowest BCUT2D eigenvalue weighted by atomic mass is 9.70. The number of amides is 1. The first-order valence-electron chi connectivity index (χ1n) is 11.0. The first-order chi connectivity index (χ1) is 14.8. The van der Waals surface area contributed by atoms with Gasteiger partial charge < -0.3 is 20.1 Å². The van der Waals surface area contributed by atoms with Gasteiger partial charge in [-0.3, -0.25) is 9.59 Å². The Kier molecular flexibility index (Phi) is 7.36. The lowest BCUT2D eigenvalue weighted by Crippen LogP contribution is -2.37. The smallest absolute Gasteiger partial charge is 0.303 e. The third-order valence-corrected chi connectivity index (χ3v) is 6.36. The molecule has 1 heterocycles. The molecule has 1 aliphatic carbocycles. The van der Waals surface area contributed by atoms with Crippen LogP contribution in [0.4, 0.5) is 0 Å². The highest BCUT2D eigenvalue weighted by molar-refractivity contribution is 5.80. The zero-order chi connectivity index (χ0) is 22.5. The number of ether oxygens (including phenoxy) is 1. The molecule has 7 nitrogen and oxygen atoms in total. The number of aromatic nitrogens is 2. The van der Waals surface area contributed by atoms with Crippen molar-refractivity contribution in [3.63, 3.8) is 0 Å². The Labute approximate surface area is 183 Å². The Morgan fingerprint density at radius 1 is 1.32 bits per heavy atom. The molecule has 3 rings (SSSR count). The lowest BCUT2D eigenvalue weighted by Gasteiger charge is -2.37. The zero-order valence-electron chi connectivity index (χ0n) is 18.8. The summed E-state index contributed by atoms with van der Waals surface area (Å²) in [6, 6.07) is 5.86. The van der Waals surface area contributed by atoms with Gasteiger partial charge >= 0.3 is 5.97 Å². The van der Waals surface area contributed by atoms with Crippen LogP contribution < -0.4 is 10.1 Å². The average Bonchev–Trinajstić information content (AvgIpc) is 3.13. The van der Waals surface area contributed by atoms with E-state index in [1.807, 2.05) is 18.2 Å². The molecule has 168 valence electrons. The molecule has 7 heteroatoms. The summed E-state index contributed by atoms with van der Waals surface area (Å²) in [7, 11) is 1.66. The van der Waals surface area contributed by atoms with Crippen LogP contribution in [0.15, 0.2) is 29.8 Å². The maximum absolute atomic E-state index is 12.0. The number of nitrogens with zero attached hydrogens (tertiary/aromatic N) is 1. The van der Waals surface area contributed by atoms with E-state index < -0.39 is 5.97 Å². The highest BCUT2D eigenvalue weighted by Gasteiger charge is 2.32. The predicted octanol–water partition coefficient (Wildman–Crippen LogP) is 3.95. The van der Waals surface area contributed by atoms with Gasteiger partial charge in [-0.1, -0.05) is 25.5 Å². The normalized spacial score (nSPS) is 21.2. The number of benzene rings is 1. The summed E-state index contributed by atoms with van der Waals surface area (Å²) in [6.45, 7) is 7.16. The Bertz CT molecular complexity index is 963. The number of imidazole rings is 1. The molecule has 3 N–H and O–H groups in total. The maximum atomic E-state index is 12.0. The summed E-state index contributed by atoms with van der Waals surface area (Å²) >= 11 is 0. The van der Waals surface area contributed by atoms with Crippen LogP contribution in [-0.2, 0) is 16.0 Å². The number of allylic oxidation sites excluding steroid dienone is 1. The molecule has 0 saturated heterocycles. The van der Waals surface area contributed by atoms with Crippen LogP contribution in [0.1, 0.15) is 45.9 Å². The van der Waals surface area contributed by atoms with Gasteiger partial charge in [-0.15, -0.1) is 0 Å². The molecular formula is C24H33N3O4. The fourth-order valence-corrected chi connectivity index (χ4v) is 4.55. The molecule has 0 saturated carbocycles. The highest BCUT2D eigenvalue weighted by atomic mass is 16.5. The van der Waals surface area contributed by atoms with Crippen LogP contribution in [0.5, 0.6) is 5.75 Å². The van der Waals surface area contributed by atoms with E-state index in [2.05, 4.69) is 37.1 Å². The molecular weight excluding hydrogens is 394 g/mol. The largest absolute Gasteiger partial charge is 0.497 e. The van der Waals surface area contributed by atoms with Crippen LogP contribution in [0, 0.1) is 23.7 Å². The third kappa shape index (κ3) is 5.87. The summed E-state index contributed by atoms with van der Waals surface area (Å²) in [5, 5.41) is 11.7. The molecule has 1 aliphatic rings. The second-order valence-electron chi connectivity index (χ2n) is 8.88. The van der Waals surface area contributed by atoms with Crippen molar-refractivity contribution < 1.29 is 19.4 Å². The molecule has 0 radical (unpaired) electrons. The Morgan fingerprint density at radius 3 is 2.77 bits per heavy atom. The third-order valence-electron chi connectivity index (χ3n) is 6.36. The quantitative estimate of drug-likeness (QED) is 0.526. The molecule has 1 amide bonds. The Morgan fingerprint density at radius 2 is 2.10 bits per heavy atom. The van der Waals surface area contributed by atoms with Crippen molar-refractivity contribution in [3.8, 4) is 5.75 Å². The molecule has 0 unspecified atom stereocenters. The fraction of sp³-hybridized carbons (Fsp3) is 0.542. The number of carbonyl (C=O) groups is 2. The van der Waals surface area contributed by atoms with Crippen molar-refractivity contribution in [1.82, 2.24) is 15.3 Å². The Balaban J connectivity index is 1.68. The Hall–Kier alpha value is -2.83. The second-order valence-corrected chi connectivity index (χ2v) is 8.88. The van der Waals surface area contributed by atoms with E-state index in [1.165, 1.54) is 5.57 Å². The summed E-state index contributed by atoms with van der Waals surface area (Å²) in [6.07, 6.45) is 4.07. The van der Waals surface area contributed by atoms with Gasteiger partial charge in [0.2, 0.25) is 5.91 Å². The molecule has 0 bridgehead atoms. The molecule has 31 heavy (non-hydrogen) atoms. The van der Waals surface area contributed by atoms with Gasteiger partial charge in [-0.25, -0.2) is 4.98 Å². The molecule has 0 aliphatic heterocycles. The highest BCUT2D eigenvalue weighted by Crippen LogP contribution is 2.38. The van der Waals surface area contributed by atoms with Crippen LogP contribution >= 0.6 is 0 Å². The number of hydrogen-bond acceptors (Lipinski definition) is 4. The molecule has 1 aromatic heterocycles. The number of hydrogen-bond donors (Lipinski definition) is 3. The van der Waals surface area contributed by atoms with Crippen LogP contribution in [0.3, 0.4) is 0 Å². The molecule has 1 aromatic carbocycles. The molecule has 2 aromatic rings. The molecule has 3 atom stereocenters. The van der Waals surface area contributed by atoms with Crippen LogP contribution in [0.2, 0.25) is 0 Å². The van der Waals surface area contributed by atoms with Crippen molar-refractivity contribution in [1.29, 1.82) is 0 Å². The van der Waals surface area contributed by atoms with Crippen molar-refractivity contribution in [2.75, 3.05) is 13.7 Å². The summed E-state index contributed by atoms with van der Waals surface area (Å²) in [5.74, 6) is 2.21. The summed E-state index contributed by atoms with van der Waals surface area (Å²) in [4.78, 5) is 30.8. The topological polar surface area (TPSA) is 104 Å². The van der Waals surface area contributed by atoms with Gasteiger partial charge in [0, 0.05) is 25.5 Å². The lowest BCUT2D eigenvalue weighted by molar-refractivity contribution is -0.138. The van der Waals surface area contributed by atoms with Gasteiger partial charge in [0.05, 0.1) is 24.6 Å². The van der Waals surface area contributed by atoms with E-state index in [0.717, 1.165) is 35.4 Å². The van der Waals surface area contributed by atoms with Crippen molar-refractivity contribution >= 4 is 22.9 Å². The number of carboxylic acid groups (broad SMARTS) is 1. The fourth-order valence-electron chi connectivity index (χ4n) is 4.55. The molecule has 0 spiro atoms. The molecule has 0 fully saturated rings. The van der Waals surface area contributed by atoms with E-state index in [-0.39, 0.29) is 24.7 Å². The second kappa shape index (κ2) is 9.98. The number of carbonyl (C=O) groups excluding carboxylic acids is 1. The number of methoxy groups -OCH3 is 1. The average molecular weight is 428 g/mol. The van der Waals surface area contributed by atoms with E-state index in [9.17, 15) is 9.59 Å². The van der Waals surface area contributed by atoms with E-state index >= 15 is 0 Å². The number of carboxylic acids is 1. The zero-order valence-corrected chi connectivity index (χ0v) is 18.8. The number of rotatable bonds is 9. The standard InChI is InChI=1S/C24H33N3O4/c1-14(2)19-10-16(11-22-26-20-6-5-18(31-4)12-21(20)27-22)15(3)9-17(19)13-25-23(28)7-8-24(29)30/h5-6,9,12,14,16-17,19H,7-8,10-11,13H2,1-4H3,(H,25,28)(H,26,27)(H,29,30)/t16-,17-,19-/m0/s1. The van der Waals surface area contributed by atoms with Crippen molar-refractivity contribution in [2.24, 2.45) is 23.7 Å². The number of H-pyrrole nitrogens is 1.